The van der Waals surface area contributed by atoms with Crippen LogP contribution in [-0.2, 0) is 9.59 Å². The molecule has 2 rings (SSSR count). The molecule has 0 bridgehead atoms. The van der Waals surface area contributed by atoms with E-state index in [2.05, 4.69) is 5.32 Å². The molecule has 1 saturated carbocycles. The molecule has 0 aromatic heterocycles. The molecule has 102 valence electrons. The summed E-state index contributed by atoms with van der Waals surface area (Å²) in [6.45, 7) is 2.02. The Morgan fingerprint density at radius 3 is 2.61 bits per heavy atom. The van der Waals surface area contributed by atoms with E-state index < -0.39 is 0 Å². The van der Waals surface area contributed by atoms with E-state index in [1.807, 2.05) is 0 Å². The van der Waals surface area contributed by atoms with Gasteiger partial charge in [0.05, 0.1) is 6.54 Å². The smallest absolute Gasteiger partial charge is 0.244 e. The zero-order chi connectivity index (χ0) is 13.1. The maximum Gasteiger partial charge on any atom is 0.244 e. The summed E-state index contributed by atoms with van der Waals surface area (Å²) in [5.74, 6) is 0.881. The van der Waals surface area contributed by atoms with Crippen LogP contribution >= 0.6 is 0 Å². The Morgan fingerprint density at radius 1 is 1.28 bits per heavy atom. The summed E-state index contributed by atoms with van der Waals surface area (Å²) < 4.78 is 0. The first-order valence-corrected chi connectivity index (χ1v) is 6.81. The van der Waals surface area contributed by atoms with Gasteiger partial charge in [0.25, 0.3) is 0 Å². The summed E-state index contributed by atoms with van der Waals surface area (Å²) in [5, 5.41) is 3.20. The summed E-state index contributed by atoms with van der Waals surface area (Å²) >= 11 is 0. The molecule has 2 fully saturated rings. The molecule has 2 amide bonds. The summed E-state index contributed by atoms with van der Waals surface area (Å²) in [6, 6.07) is -0.241. The third-order valence-electron chi connectivity index (χ3n) is 3.71. The van der Waals surface area contributed by atoms with E-state index in [-0.39, 0.29) is 17.9 Å². The molecule has 1 heterocycles. The molecule has 0 radical (unpaired) electrons. The molecule has 2 aliphatic rings. The maximum absolute atomic E-state index is 12.1. The van der Waals surface area contributed by atoms with Crippen molar-refractivity contribution in [3.8, 4) is 0 Å². The first-order valence-electron chi connectivity index (χ1n) is 6.81. The number of likely N-dealkylation sites (tertiary alicyclic amines) is 1. The molecule has 1 atom stereocenters. The molecule has 1 N–H and O–H groups in total. The molecule has 0 aromatic carbocycles. The topological polar surface area (TPSA) is 52.7 Å². The number of nitrogens with zero attached hydrogens (tertiary/aromatic N) is 2. The predicted octanol–water partition coefficient (Wildman–Crippen LogP) is 0.0652. The average molecular weight is 253 g/mol. The summed E-state index contributed by atoms with van der Waals surface area (Å²) in [6.07, 6.45) is 4.29. The van der Waals surface area contributed by atoms with Gasteiger partial charge in [-0.25, -0.2) is 0 Å². The largest absolute Gasteiger partial charge is 0.347 e. The van der Waals surface area contributed by atoms with Crippen LogP contribution in [0.1, 0.15) is 25.7 Å². The number of rotatable bonds is 5. The van der Waals surface area contributed by atoms with E-state index in [1.165, 1.54) is 12.8 Å². The van der Waals surface area contributed by atoms with Crippen molar-refractivity contribution in [1.82, 2.24) is 15.1 Å². The lowest BCUT2D eigenvalue weighted by atomic mass is 10.2. The Balaban J connectivity index is 1.81. The SMILES string of the molecule is CN(C)C(=O)C1CCCN1C(=O)CNCC1CC1. The van der Waals surface area contributed by atoms with Crippen LogP contribution in [0.2, 0.25) is 0 Å². The van der Waals surface area contributed by atoms with E-state index in [4.69, 9.17) is 0 Å². The van der Waals surface area contributed by atoms with Crippen molar-refractivity contribution in [3.05, 3.63) is 0 Å². The number of carbonyl (C=O) groups is 2. The highest BCUT2D eigenvalue weighted by molar-refractivity contribution is 5.88. The highest BCUT2D eigenvalue weighted by atomic mass is 16.2. The fourth-order valence-electron chi connectivity index (χ4n) is 2.43. The van der Waals surface area contributed by atoms with Gasteiger partial charge in [-0.1, -0.05) is 0 Å². The van der Waals surface area contributed by atoms with Crippen molar-refractivity contribution in [2.24, 2.45) is 5.92 Å². The lowest BCUT2D eigenvalue weighted by Crippen LogP contribution is -2.48. The Morgan fingerprint density at radius 2 is 2.00 bits per heavy atom. The van der Waals surface area contributed by atoms with Gasteiger partial charge >= 0.3 is 0 Å². The standard InChI is InChI=1S/C13H23N3O2/c1-15(2)13(18)11-4-3-7-16(11)12(17)9-14-8-10-5-6-10/h10-11,14H,3-9H2,1-2H3. The molecule has 0 aromatic rings. The number of hydrogen-bond acceptors (Lipinski definition) is 3. The number of amides is 2. The molecule has 5 heteroatoms. The Hall–Kier alpha value is -1.10. The number of likely N-dealkylation sites (N-methyl/N-ethyl adjacent to an activating group) is 1. The van der Waals surface area contributed by atoms with Crippen LogP contribution in [0.15, 0.2) is 0 Å². The van der Waals surface area contributed by atoms with Crippen LogP contribution in [0.5, 0.6) is 0 Å². The van der Waals surface area contributed by atoms with Gasteiger partial charge in [0.15, 0.2) is 0 Å². The van der Waals surface area contributed by atoms with Crippen LogP contribution in [0.25, 0.3) is 0 Å². The highest BCUT2D eigenvalue weighted by Crippen LogP contribution is 2.27. The molecular formula is C13H23N3O2. The van der Waals surface area contributed by atoms with Gasteiger partial charge in [0.1, 0.15) is 6.04 Å². The monoisotopic (exact) mass is 253 g/mol. The molecular weight excluding hydrogens is 230 g/mol. The normalized spacial score (nSPS) is 23.2. The van der Waals surface area contributed by atoms with Crippen molar-refractivity contribution >= 4 is 11.8 Å². The summed E-state index contributed by atoms with van der Waals surface area (Å²) in [7, 11) is 3.49. The third-order valence-corrected chi connectivity index (χ3v) is 3.71. The van der Waals surface area contributed by atoms with Crippen LogP contribution in [0.3, 0.4) is 0 Å². The second-order valence-corrected chi connectivity index (χ2v) is 5.55. The Kier molecular flexibility index (Phi) is 4.22. The lowest BCUT2D eigenvalue weighted by molar-refractivity contribution is -0.141. The first-order chi connectivity index (χ1) is 8.59. The molecule has 1 saturated heterocycles. The van der Waals surface area contributed by atoms with Gasteiger partial charge in [-0.05, 0) is 38.1 Å². The second-order valence-electron chi connectivity index (χ2n) is 5.55. The zero-order valence-corrected chi connectivity index (χ0v) is 11.3. The molecule has 18 heavy (non-hydrogen) atoms. The first kappa shape index (κ1) is 13.3. The molecule has 0 spiro atoms. The Labute approximate surface area is 108 Å². The molecule has 1 unspecified atom stereocenters. The highest BCUT2D eigenvalue weighted by Gasteiger charge is 2.34. The van der Waals surface area contributed by atoms with Crippen molar-refractivity contribution in [1.29, 1.82) is 0 Å². The third kappa shape index (κ3) is 3.22. The van der Waals surface area contributed by atoms with Crippen LogP contribution in [0.4, 0.5) is 0 Å². The fourth-order valence-corrected chi connectivity index (χ4v) is 2.43. The van der Waals surface area contributed by atoms with Crippen LogP contribution in [0, 0.1) is 5.92 Å². The summed E-state index contributed by atoms with van der Waals surface area (Å²) in [4.78, 5) is 27.4. The van der Waals surface area contributed by atoms with Crippen LogP contribution < -0.4 is 5.32 Å². The van der Waals surface area contributed by atoms with Gasteiger partial charge in [0, 0.05) is 20.6 Å². The predicted molar refractivity (Wildman–Crippen MR) is 69.0 cm³/mol. The van der Waals surface area contributed by atoms with Gasteiger partial charge in [-0.3, -0.25) is 9.59 Å². The quantitative estimate of drug-likeness (QED) is 0.754. The van der Waals surface area contributed by atoms with Gasteiger partial charge in [0.2, 0.25) is 11.8 Å². The van der Waals surface area contributed by atoms with Gasteiger partial charge < -0.3 is 15.1 Å². The van der Waals surface area contributed by atoms with E-state index >= 15 is 0 Å². The van der Waals surface area contributed by atoms with E-state index in [1.54, 1.807) is 23.9 Å². The van der Waals surface area contributed by atoms with Gasteiger partial charge in [-0.2, -0.15) is 0 Å². The number of hydrogen-bond donors (Lipinski definition) is 1. The number of carbonyl (C=O) groups excluding carboxylic acids is 2. The van der Waals surface area contributed by atoms with Gasteiger partial charge in [-0.15, -0.1) is 0 Å². The Bertz CT molecular complexity index is 326. The fraction of sp³-hybridized carbons (Fsp3) is 0.846. The van der Waals surface area contributed by atoms with Crippen LogP contribution in [-0.4, -0.2) is 61.4 Å². The van der Waals surface area contributed by atoms with E-state index in [0.29, 0.717) is 13.1 Å². The summed E-state index contributed by atoms with van der Waals surface area (Å²) in [5.41, 5.74) is 0. The van der Waals surface area contributed by atoms with Crippen molar-refractivity contribution in [3.63, 3.8) is 0 Å². The molecule has 5 nitrogen and oxygen atoms in total. The maximum atomic E-state index is 12.1. The minimum absolute atomic E-state index is 0.0445. The number of nitrogens with one attached hydrogen (secondary N) is 1. The second kappa shape index (κ2) is 5.69. The molecule has 1 aliphatic heterocycles. The minimum atomic E-state index is -0.241. The van der Waals surface area contributed by atoms with Crippen molar-refractivity contribution in [2.75, 3.05) is 33.7 Å². The zero-order valence-electron chi connectivity index (χ0n) is 11.3. The van der Waals surface area contributed by atoms with E-state index in [0.717, 1.165) is 25.3 Å². The van der Waals surface area contributed by atoms with E-state index in [9.17, 15) is 9.59 Å². The van der Waals surface area contributed by atoms with Crippen molar-refractivity contribution < 1.29 is 9.59 Å². The van der Waals surface area contributed by atoms with Crippen molar-refractivity contribution in [2.45, 2.75) is 31.7 Å². The molecule has 1 aliphatic carbocycles. The minimum Gasteiger partial charge on any atom is -0.347 e. The lowest BCUT2D eigenvalue weighted by Gasteiger charge is -2.26. The average Bonchev–Trinajstić information content (AvgIpc) is 3.02.